The summed E-state index contributed by atoms with van der Waals surface area (Å²) in [6.45, 7) is 5.40. The van der Waals surface area contributed by atoms with Gasteiger partial charge in [0, 0.05) is 38.6 Å². The molecule has 0 saturated carbocycles. The van der Waals surface area contributed by atoms with Gasteiger partial charge in [-0.05, 0) is 12.5 Å². The molecule has 16 heavy (non-hydrogen) atoms. The summed E-state index contributed by atoms with van der Waals surface area (Å²) in [6.07, 6.45) is 4.35. The first kappa shape index (κ1) is 11.1. The highest BCUT2D eigenvalue weighted by Gasteiger charge is 2.25. The standard InChI is InChI=1S/C11H18N4O/c1-2-10(15-7-3-4-13-15)11(16)14-8-5-12-6-9-14/h3-4,7,10,12H,2,5-6,8-9H2,1H3. The fourth-order valence-corrected chi connectivity index (χ4v) is 2.04. The molecule has 1 saturated heterocycles. The van der Waals surface area contributed by atoms with E-state index in [4.69, 9.17) is 0 Å². The molecule has 1 unspecified atom stereocenters. The highest BCUT2D eigenvalue weighted by atomic mass is 16.2. The van der Waals surface area contributed by atoms with Crippen molar-refractivity contribution in [2.24, 2.45) is 0 Å². The van der Waals surface area contributed by atoms with Crippen LogP contribution >= 0.6 is 0 Å². The van der Waals surface area contributed by atoms with Gasteiger partial charge in [0.2, 0.25) is 5.91 Å². The maximum atomic E-state index is 12.3. The number of hydrogen-bond acceptors (Lipinski definition) is 3. The molecule has 0 spiro atoms. The number of carbonyl (C=O) groups excluding carboxylic acids is 1. The average molecular weight is 222 g/mol. The summed E-state index contributed by atoms with van der Waals surface area (Å²) in [5.41, 5.74) is 0. The lowest BCUT2D eigenvalue weighted by molar-refractivity contribution is -0.135. The van der Waals surface area contributed by atoms with Gasteiger partial charge in [-0.1, -0.05) is 6.92 Å². The van der Waals surface area contributed by atoms with E-state index >= 15 is 0 Å². The predicted octanol–water partition coefficient (Wildman–Crippen LogP) is 0.266. The van der Waals surface area contributed by atoms with Crippen LogP contribution in [0.4, 0.5) is 0 Å². The average Bonchev–Trinajstić information content (AvgIpc) is 2.85. The van der Waals surface area contributed by atoms with E-state index in [2.05, 4.69) is 10.4 Å². The number of amides is 1. The fraction of sp³-hybridized carbons (Fsp3) is 0.636. The smallest absolute Gasteiger partial charge is 0.247 e. The summed E-state index contributed by atoms with van der Waals surface area (Å²) < 4.78 is 1.75. The third kappa shape index (κ3) is 2.24. The number of aromatic nitrogens is 2. The topological polar surface area (TPSA) is 50.2 Å². The molecule has 1 N–H and O–H groups in total. The molecule has 1 amide bonds. The van der Waals surface area contributed by atoms with Crippen LogP contribution < -0.4 is 5.32 Å². The van der Waals surface area contributed by atoms with Crippen LogP contribution in [0.15, 0.2) is 18.5 Å². The minimum atomic E-state index is -0.145. The van der Waals surface area contributed by atoms with E-state index < -0.39 is 0 Å². The number of carbonyl (C=O) groups is 1. The Balaban J connectivity index is 2.06. The second-order valence-corrected chi connectivity index (χ2v) is 3.99. The number of hydrogen-bond donors (Lipinski definition) is 1. The van der Waals surface area contributed by atoms with Gasteiger partial charge in [0.05, 0.1) is 0 Å². The maximum absolute atomic E-state index is 12.3. The molecular formula is C11H18N4O. The molecule has 0 radical (unpaired) electrons. The largest absolute Gasteiger partial charge is 0.338 e. The molecule has 5 nitrogen and oxygen atoms in total. The van der Waals surface area contributed by atoms with E-state index in [1.807, 2.05) is 24.1 Å². The molecular weight excluding hydrogens is 204 g/mol. The second kappa shape index (κ2) is 5.12. The first-order valence-corrected chi connectivity index (χ1v) is 5.81. The zero-order valence-electron chi connectivity index (χ0n) is 9.59. The van der Waals surface area contributed by atoms with E-state index in [9.17, 15) is 4.79 Å². The molecule has 1 fully saturated rings. The Morgan fingerprint density at radius 1 is 1.50 bits per heavy atom. The van der Waals surface area contributed by atoms with Crippen molar-refractivity contribution in [3.05, 3.63) is 18.5 Å². The van der Waals surface area contributed by atoms with Crippen molar-refractivity contribution >= 4 is 5.91 Å². The fourth-order valence-electron chi connectivity index (χ4n) is 2.04. The minimum Gasteiger partial charge on any atom is -0.338 e. The van der Waals surface area contributed by atoms with Crippen LogP contribution in [-0.4, -0.2) is 46.8 Å². The third-order valence-electron chi connectivity index (χ3n) is 2.94. The lowest BCUT2D eigenvalue weighted by Gasteiger charge is -2.30. The lowest BCUT2D eigenvalue weighted by Crippen LogP contribution is -2.48. The Kier molecular flexibility index (Phi) is 3.56. The van der Waals surface area contributed by atoms with Crippen molar-refractivity contribution in [1.29, 1.82) is 0 Å². The molecule has 0 aliphatic carbocycles. The van der Waals surface area contributed by atoms with E-state index in [-0.39, 0.29) is 11.9 Å². The first-order valence-electron chi connectivity index (χ1n) is 5.81. The van der Waals surface area contributed by atoms with Gasteiger partial charge in [-0.15, -0.1) is 0 Å². The molecule has 0 bridgehead atoms. The summed E-state index contributed by atoms with van der Waals surface area (Å²) in [5, 5.41) is 7.40. The number of nitrogens with one attached hydrogen (secondary N) is 1. The van der Waals surface area contributed by atoms with E-state index in [0.717, 1.165) is 32.6 Å². The van der Waals surface area contributed by atoms with Crippen molar-refractivity contribution in [3.63, 3.8) is 0 Å². The normalized spacial score (nSPS) is 18.4. The van der Waals surface area contributed by atoms with Crippen molar-refractivity contribution in [2.75, 3.05) is 26.2 Å². The van der Waals surface area contributed by atoms with Gasteiger partial charge in [0.1, 0.15) is 6.04 Å². The molecule has 2 heterocycles. The van der Waals surface area contributed by atoms with Crippen LogP contribution in [0, 0.1) is 0 Å². The molecule has 1 aliphatic heterocycles. The van der Waals surface area contributed by atoms with E-state index in [0.29, 0.717) is 0 Å². The maximum Gasteiger partial charge on any atom is 0.247 e. The Morgan fingerprint density at radius 2 is 2.25 bits per heavy atom. The quantitative estimate of drug-likeness (QED) is 0.798. The van der Waals surface area contributed by atoms with E-state index in [1.54, 1.807) is 10.9 Å². The van der Waals surface area contributed by atoms with Crippen molar-refractivity contribution in [2.45, 2.75) is 19.4 Å². The van der Waals surface area contributed by atoms with Gasteiger partial charge in [-0.25, -0.2) is 0 Å². The molecule has 1 atom stereocenters. The van der Waals surface area contributed by atoms with Crippen molar-refractivity contribution < 1.29 is 4.79 Å². The van der Waals surface area contributed by atoms with Crippen LogP contribution in [0.1, 0.15) is 19.4 Å². The molecule has 1 aliphatic rings. The van der Waals surface area contributed by atoms with Crippen LogP contribution in [0.2, 0.25) is 0 Å². The lowest BCUT2D eigenvalue weighted by atomic mass is 10.2. The molecule has 1 aromatic heterocycles. The van der Waals surface area contributed by atoms with Crippen molar-refractivity contribution in [3.8, 4) is 0 Å². The van der Waals surface area contributed by atoms with E-state index in [1.165, 1.54) is 0 Å². The summed E-state index contributed by atoms with van der Waals surface area (Å²) >= 11 is 0. The Hall–Kier alpha value is -1.36. The highest BCUT2D eigenvalue weighted by molar-refractivity contribution is 5.80. The van der Waals surface area contributed by atoms with Crippen LogP contribution in [0.3, 0.4) is 0 Å². The van der Waals surface area contributed by atoms with Crippen LogP contribution in [0.25, 0.3) is 0 Å². The zero-order chi connectivity index (χ0) is 11.4. The number of piperazine rings is 1. The molecule has 88 valence electrons. The highest BCUT2D eigenvalue weighted by Crippen LogP contribution is 2.14. The van der Waals surface area contributed by atoms with Gasteiger partial charge in [0.25, 0.3) is 0 Å². The van der Waals surface area contributed by atoms with Gasteiger partial charge in [0.15, 0.2) is 0 Å². The Bertz CT molecular complexity index is 330. The Morgan fingerprint density at radius 3 is 2.81 bits per heavy atom. The van der Waals surface area contributed by atoms with Crippen molar-refractivity contribution in [1.82, 2.24) is 20.0 Å². The molecule has 0 aromatic carbocycles. The molecule has 2 rings (SSSR count). The Labute approximate surface area is 95.4 Å². The van der Waals surface area contributed by atoms with Crippen LogP contribution in [0.5, 0.6) is 0 Å². The summed E-state index contributed by atoms with van der Waals surface area (Å²) in [6, 6.07) is 1.71. The summed E-state index contributed by atoms with van der Waals surface area (Å²) in [5.74, 6) is 0.188. The van der Waals surface area contributed by atoms with Gasteiger partial charge in [-0.3, -0.25) is 9.48 Å². The number of nitrogens with zero attached hydrogens (tertiary/aromatic N) is 3. The van der Waals surface area contributed by atoms with Gasteiger partial charge in [-0.2, -0.15) is 5.10 Å². The summed E-state index contributed by atoms with van der Waals surface area (Å²) in [7, 11) is 0. The second-order valence-electron chi connectivity index (χ2n) is 3.99. The van der Waals surface area contributed by atoms with Gasteiger partial charge < -0.3 is 10.2 Å². The predicted molar refractivity (Wildman–Crippen MR) is 61.0 cm³/mol. The number of rotatable bonds is 3. The summed E-state index contributed by atoms with van der Waals surface area (Å²) in [4.78, 5) is 14.2. The van der Waals surface area contributed by atoms with Gasteiger partial charge >= 0.3 is 0 Å². The first-order chi connectivity index (χ1) is 7.83. The van der Waals surface area contributed by atoms with Crippen LogP contribution in [-0.2, 0) is 4.79 Å². The zero-order valence-corrected chi connectivity index (χ0v) is 9.59. The monoisotopic (exact) mass is 222 g/mol. The third-order valence-corrected chi connectivity index (χ3v) is 2.94. The molecule has 5 heteroatoms. The SMILES string of the molecule is CCC(C(=O)N1CCNCC1)n1cccn1. The minimum absolute atomic E-state index is 0.145. The molecule has 1 aromatic rings.